The van der Waals surface area contributed by atoms with E-state index in [9.17, 15) is 0 Å². The minimum absolute atomic E-state index is 0.0199. The van der Waals surface area contributed by atoms with Gasteiger partial charge in [0, 0.05) is 4.88 Å². The minimum atomic E-state index is 0.0199. The molecule has 0 spiro atoms. The quantitative estimate of drug-likeness (QED) is 0.873. The third-order valence-electron chi connectivity index (χ3n) is 3.52. The summed E-state index contributed by atoms with van der Waals surface area (Å²) in [5, 5.41) is 2.12. The van der Waals surface area contributed by atoms with Crippen LogP contribution in [0.3, 0.4) is 0 Å². The first kappa shape index (κ1) is 13.3. The lowest BCUT2D eigenvalue weighted by molar-refractivity contribution is 0.856. The van der Waals surface area contributed by atoms with Gasteiger partial charge in [-0.05, 0) is 53.5 Å². The summed E-state index contributed by atoms with van der Waals surface area (Å²) >= 11 is 1.76. The summed E-state index contributed by atoms with van der Waals surface area (Å²) < 4.78 is 0. The van der Waals surface area contributed by atoms with E-state index in [1.54, 1.807) is 11.3 Å². The van der Waals surface area contributed by atoms with Crippen molar-refractivity contribution >= 4 is 11.3 Å². The maximum atomic E-state index is 6.47. The zero-order valence-electron chi connectivity index (χ0n) is 11.4. The molecule has 2 aromatic rings. The maximum absolute atomic E-state index is 6.47. The molecule has 2 heteroatoms. The molecule has 0 bridgehead atoms. The van der Waals surface area contributed by atoms with Gasteiger partial charge in [-0.1, -0.05) is 32.0 Å². The standard InChI is InChI=1S/C16H21NS/c1-4-12-6-7-13(5-2)14(10-12)15(17)16-11(3)8-9-18-16/h6-10,15H,4-5,17H2,1-3H3. The molecule has 2 N–H and O–H groups in total. The largest absolute Gasteiger partial charge is 0.320 e. The zero-order valence-corrected chi connectivity index (χ0v) is 12.2. The van der Waals surface area contributed by atoms with Gasteiger partial charge in [0.05, 0.1) is 6.04 Å². The molecule has 0 amide bonds. The van der Waals surface area contributed by atoms with Crippen LogP contribution < -0.4 is 5.73 Å². The third kappa shape index (κ3) is 2.50. The van der Waals surface area contributed by atoms with Crippen LogP contribution in [0.1, 0.15) is 47.0 Å². The lowest BCUT2D eigenvalue weighted by Gasteiger charge is -2.17. The first-order chi connectivity index (χ1) is 8.67. The van der Waals surface area contributed by atoms with Gasteiger partial charge in [0.25, 0.3) is 0 Å². The molecule has 0 saturated heterocycles. The Hall–Kier alpha value is -1.12. The number of rotatable bonds is 4. The summed E-state index contributed by atoms with van der Waals surface area (Å²) in [4.78, 5) is 1.29. The van der Waals surface area contributed by atoms with Crippen molar-refractivity contribution in [1.29, 1.82) is 0 Å². The minimum Gasteiger partial charge on any atom is -0.320 e. The van der Waals surface area contributed by atoms with Gasteiger partial charge in [-0.3, -0.25) is 0 Å². The van der Waals surface area contributed by atoms with Crippen molar-refractivity contribution in [3.63, 3.8) is 0 Å². The fourth-order valence-corrected chi connectivity index (χ4v) is 3.27. The van der Waals surface area contributed by atoms with Crippen LogP contribution in [0.4, 0.5) is 0 Å². The smallest absolute Gasteiger partial charge is 0.0651 e. The molecule has 0 aliphatic heterocycles. The molecule has 96 valence electrons. The maximum Gasteiger partial charge on any atom is 0.0651 e. The molecule has 0 saturated carbocycles. The van der Waals surface area contributed by atoms with Crippen LogP contribution >= 0.6 is 11.3 Å². The van der Waals surface area contributed by atoms with Gasteiger partial charge in [0.15, 0.2) is 0 Å². The average molecular weight is 259 g/mol. The molecule has 0 aliphatic rings. The molecule has 1 aromatic heterocycles. The van der Waals surface area contributed by atoms with Crippen molar-refractivity contribution in [3.8, 4) is 0 Å². The van der Waals surface area contributed by atoms with Crippen molar-refractivity contribution in [2.75, 3.05) is 0 Å². The SMILES string of the molecule is CCc1ccc(CC)c(C(N)c2sccc2C)c1. The van der Waals surface area contributed by atoms with Crippen molar-refractivity contribution < 1.29 is 0 Å². The van der Waals surface area contributed by atoms with Gasteiger partial charge in [-0.2, -0.15) is 0 Å². The second-order valence-corrected chi connectivity index (χ2v) is 5.63. The van der Waals surface area contributed by atoms with Crippen LogP contribution in [-0.4, -0.2) is 0 Å². The highest BCUT2D eigenvalue weighted by Gasteiger charge is 2.16. The fraction of sp³-hybridized carbons (Fsp3) is 0.375. The summed E-state index contributed by atoms with van der Waals surface area (Å²) in [7, 11) is 0. The predicted octanol–water partition coefficient (Wildman–Crippen LogP) is 4.23. The Morgan fingerprint density at radius 2 is 1.94 bits per heavy atom. The molecule has 0 fully saturated rings. The van der Waals surface area contributed by atoms with Gasteiger partial charge in [0.1, 0.15) is 0 Å². The topological polar surface area (TPSA) is 26.0 Å². The summed E-state index contributed by atoms with van der Waals surface area (Å²) in [5.41, 5.74) is 11.8. The van der Waals surface area contributed by atoms with E-state index in [0.29, 0.717) is 0 Å². The second kappa shape index (κ2) is 5.68. The highest BCUT2D eigenvalue weighted by atomic mass is 32.1. The molecule has 1 aromatic carbocycles. The Morgan fingerprint density at radius 3 is 2.50 bits per heavy atom. The van der Waals surface area contributed by atoms with Crippen LogP contribution in [0.5, 0.6) is 0 Å². The van der Waals surface area contributed by atoms with Gasteiger partial charge in [-0.25, -0.2) is 0 Å². The fourth-order valence-electron chi connectivity index (χ4n) is 2.32. The van der Waals surface area contributed by atoms with E-state index < -0.39 is 0 Å². The molecule has 1 unspecified atom stereocenters. The monoisotopic (exact) mass is 259 g/mol. The first-order valence-electron chi connectivity index (χ1n) is 6.58. The Labute approximate surface area is 114 Å². The lowest BCUT2D eigenvalue weighted by atomic mass is 9.94. The van der Waals surface area contributed by atoms with Crippen molar-refractivity contribution in [3.05, 3.63) is 56.8 Å². The molecule has 1 heterocycles. The van der Waals surface area contributed by atoms with Crippen molar-refractivity contribution in [1.82, 2.24) is 0 Å². The van der Waals surface area contributed by atoms with Gasteiger partial charge in [0.2, 0.25) is 0 Å². The van der Waals surface area contributed by atoms with E-state index in [0.717, 1.165) is 12.8 Å². The first-order valence-corrected chi connectivity index (χ1v) is 7.46. The highest BCUT2D eigenvalue weighted by molar-refractivity contribution is 7.10. The van der Waals surface area contributed by atoms with Crippen LogP contribution in [-0.2, 0) is 12.8 Å². The summed E-state index contributed by atoms with van der Waals surface area (Å²) in [5.74, 6) is 0. The summed E-state index contributed by atoms with van der Waals surface area (Å²) in [6.07, 6.45) is 2.10. The Balaban J connectivity index is 2.45. The average Bonchev–Trinajstić information content (AvgIpc) is 2.83. The number of aryl methyl sites for hydroxylation is 3. The van der Waals surface area contributed by atoms with Crippen LogP contribution in [0.25, 0.3) is 0 Å². The third-order valence-corrected chi connectivity index (χ3v) is 4.62. The van der Waals surface area contributed by atoms with E-state index in [4.69, 9.17) is 5.73 Å². The molecule has 1 atom stereocenters. The summed E-state index contributed by atoms with van der Waals surface area (Å²) in [6.45, 7) is 6.52. The van der Waals surface area contributed by atoms with E-state index in [1.165, 1.54) is 27.1 Å². The lowest BCUT2D eigenvalue weighted by Crippen LogP contribution is -2.14. The van der Waals surface area contributed by atoms with E-state index in [-0.39, 0.29) is 6.04 Å². The molecular formula is C16H21NS. The Morgan fingerprint density at radius 1 is 1.17 bits per heavy atom. The van der Waals surface area contributed by atoms with E-state index >= 15 is 0 Å². The number of nitrogens with two attached hydrogens (primary N) is 1. The normalized spacial score (nSPS) is 12.7. The highest BCUT2D eigenvalue weighted by Crippen LogP contribution is 2.30. The second-order valence-electron chi connectivity index (χ2n) is 4.69. The zero-order chi connectivity index (χ0) is 13.1. The Bertz CT molecular complexity index is 528. The molecule has 18 heavy (non-hydrogen) atoms. The molecule has 2 rings (SSSR count). The number of hydrogen-bond acceptors (Lipinski definition) is 2. The van der Waals surface area contributed by atoms with Gasteiger partial charge >= 0.3 is 0 Å². The van der Waals surface area contributed by atoms with E-state index in [1.807, 2.05) is 0 Å². The van der Waals surface area contributed by atoms with E-state index in [2.05, 4.69) is 50.4 Å². The van der Waals surface area contributed by atoms with Crippen LogP contribution in [0, 0.1) is 6.92 Å². The number of thiophene rings is 1. The number of hydrogen-bond donors (Lipinski definition) is 1. The van der Waals surface area contributed by atoms with Crippen LogP contribution in [0.15, 0.2) is 29.6 Å². The summed E-state index contributed by atoms with van der Waals surface area (Å²) in [6, 6.07) is 8.90. The van der Waals surface area contributed by atoms with Crippen molar-refractivity contribution in [2.45, 2.75) is 39.7 Å². The molecular weight excluding hydrogens is 238 g/mol. The van der Waals surface area contributed by atoms with Crippen molar-refractivity contribution in [2.24, 2.45) is 5.73 Å². The molecule has 0 aliphatic carbocycles. The predicted molar refractivity (Wildman–Crippen MR) is 80.3 cm³/mol. The Kier molecular flexibility index (Phi) is 4.20. The van der Waals surface area contributed by atoms with Gasteiger partial charge in [-0.15, -0.1) is 11.3 Å². The van der Waals surface area contributed by atoms with Gasteiger partial charge < -0.3 is 5.73 Å². The van der Waals surface area contributed by atoms with Crippen LogP contribution in [0.2, 0.25) is 0 Å². The molecule has 0 radical (unpaired) electrons. The number of benzene rings is 1. The molecule has 1 nitrogen and oxygen atoms in total.